The molecule has 3 aromatic rings. The Morgan fingerprint density at radius 1 is 1.07 bits per heavy atom. The fraction of sp³-hybridized carbons (Fsp3) is 0.0909. The predicted molar refractivity (Wildman–Crippen MR) is 111 cm³/mol. The molecule has 3 rings (SSSR count). The van der Waals surface area contributed by atoms with Crippen molar-refractivity contribution in [3.63, 3.8) is 0 Å². The molecule has 0 aromatic heterocycles. The van der Waals surface area contributed by atoms with Crippen LogP contribution in [-0.4, -0.2) is 20.1 Å². The molecule has 0 aliphatic rings. The molecule has 1 amide bonds. The standard InChI is InChI=1S/C22H17ClN2O3/c1-27-20-9-7-14-5-3-4-6-17(14)18(20)11-15(13-24)22(26)25-16-8-10-21(28-2)19(23)12-16/h3-12H,1-2H3,(H,25,26)/b15-11+. The van der Waals surface area contributed by atoms with E-state index in [0.717, 1.165) is 10.8 Å². The van der Waals surface area contributed by atoms with E-state index in [4.69, 9.17) is 21.1 Å². The number of nitriles is 1. The summed E-state index contributed by atoms with van der Waals surface area (Å²) in [7, 11) is 3.06. The highest BCUT2D eigenvalue weighted by atomic mass is 35.5. The van der Waals surface area contributed by atoms with Gasteiger partial charge in [0, 0.05) is 11.3 Å². The predicted octanol–water partition coefficient (Wildman–Crippen LogP) is 5.06. The molecular formula is C22H17ClN2O3. The van der Waals surface area contributed by atoms with Gasteiger partial charge < -0.3 is 14.8 Å². The second-order valence-corrected chi connectivity index (χ2v) is 6.28. The van der Waals surface area contributed by atoms with Crippen LogP contribution >= 0.6 is 11.6 Å². The van der Waals surface area contributed by atoms with Crippen LogP contribution in [0.2, 0.25) is 5.02 Å². The van der Waals surface area contributed by atoms with Gasteiger partial charge in [0.25, 0.3) is 5.91 Å². The Bertz CT molecular complexity index is 1120. The maximum Gasteiger partial charge on any atom is 0.266 e. The lowest BCUT2D eigenvalue weighted by atomic mass is 10.0. The molecule has 0 fully saturated rings. The summed E-state index contributed by atoms with van der Waals surface area (Å²) in [5.41, 5.74) is 1.07. The third kappa shape index (κ3) is 3.93. The van der Waals surface area contributed by atoms with Crippen molar-refractivity contribution in [3.8, 4) is 17.6 Å². The molecule has 6 heteroatoms. The summed E-state index contributed by atoms with van der Waals surface area (Å²) in [5, 5.41) is 14.4. The molecule has 0 spiro atoms. The maximum atomic E-state index is 12.6. The number of methoxy groups -OCH3 is 2. The fourth-order valence-corrected chi connectivity index (χ4v) is 3.10. The molecule has 0 saturated heterocycles. The Labute approximate surface area is 167 Å². The molecule has 28 heavy (non-hydrogen) atoms. The maximum absolute atomic E-state index is 12.6. The average molecular weight is 393 g/mol. The highest BCUT2D eigenvalue weighted by molar-refractivity contribution is 6.32. The van der Waals surface area contributed by atoms with Gasteiger partial charge in [-0.05, 0) is 41.1 Å². The monoisotopic (exact) mass is 392 g/mol. The van der Waals surface area contributed by atoms with Crippen LogP contribution in [0, 0.1) is 11.3 Å². The number of carbonyl (C=O) groups excluding carboxylic acids is 1. The van der Waals surface area contributed by atoms with Crippen LogP contribution in [0.15, 0.2) is 60.2 Å². The first kappa shape index (κ1) is 19.3. The Balaban J connectivity index is 1.98. The number of fused-ring (bicyclic) bond motifs is 1. The van der Waals surface area contributed by atoms with Gasteiger partial charge in [0.1, 0.15) is 23.1 Å². The van der Waals surface area contributed by atoms with Crippen molar-refractivity contribution in [1.29, 1.82) is 5.26 Å². The van der Waals surface area contributed by atoms with Gasteiger partial charge in [-0.1, -0.05) is 41.9 Å². The zero-order valence-corrected chi connectivity index (χ0v) is 16.1. The minimum absolute atomic E-state index is 0.0541. The lowest BCUT2D eigenvalue weighted by Crippen LogP contribution is -2.13. The topological polar surface area (TPSA) is 71.3 Å². The number of carbonyl (C=O) groups is 1. The molecule has 0 bridgehead atoms. The minimum Gasteiger partial charge on any atom is -0.496 e. The Hall–Kier alpha value is -3.49. The van der Waals surface area contributed by atoms with Crippen molar-refractivity contribution < 1.29 is 14.3 Å². The van der Waals surface area contributed by atoms with E-state index in [9.17, 15) is 10.1 Å². The van der Waals surface area contributed by atoms with E-state index in [1.165, 1.54) is 13.2 Å². The van der Waals surface area contributed by atoms with Crippen molar-refractivity contribution in [2.24, 2.45) is 0 Å². The molecule has 0 saturated carbocycles. The largest absolute Gasteiger partial charge is 0.496 e. The molecule has 1 N–H and O–H groups in total. The van der Waals surface area contributed by atoms with Crippen LogP contribution in [0.5, 0.6) is 11.5 Å². The van der Waals surface area contributed by atoms with Crippen LogP contribution in [0.4, 0.5) is 5.69 Å². The second kappa shape index (κ2) is 8.47. The van der Waals surface area contributed by atoms with Gasteiger partial charge in [-0.3, -0.25) is 4.79 Å². The first-order valence-corrected chi connectivity index (χ1v) is 8.77. The summed E-state index contributed by atoms with van der Waals surface area (Å²) in [6.45, 7) is 0. The number of nitrogens with one attached hydrogen (secondary N) is 1. The SMILES string of the molecule is COc1ccc(NC(=O)/C(C#N)=C/c2c(OC)ccc3ccccc23)cc1Cl. The van der Waals surface area contributed by atoms with Gasteiger partial charge in [0.05, 0.1) is 19.2 Å². The Morgan fingerprint density at radius 2 is 1.79 bits per heavy atom. The van der Waals surface area contributed by atoms with Crippen LogP contribution in [0.25, 0.3) is 16.8 Å². The number of benzene rings is 3. The van der Waals surface area contributed by atoms with Crippen LogP contribution in [0.3, 0.4) is 0 Å². The number of hydrogen-bond donors (Lipinski definition) is 1. The summed E-state index contributed by atoms with van der Waals surface area (Å²) < 4.78 is 10.5. The first-order valence-electron chi connectivity index (χ1n) is 8.39. The highest BCUT2D eigenvalue weighted by Crippen LogP contribution is 2.31. The minimum atomic E-state index is -0.543. The number of amides is 1. The third-order valence-electron chi connectivity index (χ3n) is 4.21. The quantitative estimate of drug-likeness (QED) is 0.486. The van der Waals surface area contributed by atoms with Gasteiger partial charge in [0.15, 0.2) is 0 Å². The van der Waals surface area contributed by atoms with Crippen molar-refractivity contribution in [2.75, 3.05) is 19.5 Å². The molecule has 0 radical (unpaired) electrons. The van der Waals surface area contributed by atoms with Gasteiger partial charge >= 0.3 is 0 Å². The molecule has 0 aliphatic carbocycles. The van der Waals surface area contributed by atoms with Gasteiger partial charge in [0.2, 0.25) is 0 Å². The molecular weight excluding hydrogens is 376 g/mol. The summed E-state index contributed by atoms with van der Waals surface area (Å²) >= 11 is 6.09. The molecule has 0 heterocycles. The van der Waals surface area contributed by atoms with Gasteiger partial charge in [-0.15, -0.1) is 0 Å². The van der Waals surface area contributed by atoms with Crippen molar-refractivity contribution >= 4 is 40.0 Å². The van der Waals surface area contributed by atoms with Crippen LogP contribution < -0.4 is 14.8 Å². The van der Waals surface area contributed by atoms with Crippen LogP contribution in [0.1, 0.15) is 5.56 Å². The van der Waals surface area contributed by atoms with Crippen molar-refractivity contribution in [2.45, 2.75) is 0 Å². The van der Waals surface area contributed by atoms with E-state index >= 15 is 0 Å². The third-order valence-corrected chi connectivity index (χ3v) is 4.51. The average Bonchev–Trinajstić information content (AvgIpc) is 2.71. The molecule has 0 unspecified atom stereocenters. The van der Waals surface area contributed by atoms with Crippen molar-refractivity contribution in [1.82, 2.24) is 0 Å². The number of halogens is 1. The smallest absolute Gasteiger partial charge is 0.266 e. The number of rotatable bonds is 5. The van der Waals surface area contributed by atoms with E-state index in [1.54, 1.807) is 25.3 Å². The summed E-state index contributed by atoms with van der Waals surface area (Å²) in [6.07, 6.45) is 1.53. The van der Waals surface area contributed by atoms with E-state index in [-0.39, 0.29) is 5.57 Å². The first-order chi connectivity index (χ1) is 13.6. The Morgan fingerprint density at radius 3 is 2.46 bits per heavy atom. The second-order valence-electron chi connectivity index (χ2n) is 5.88. The molecule has 0 aliphatic heterocycles. The Kier molecular flexibility index (Phi) is 5.83. The number of hydrogen-bond acceptors (Lipinski definition) is 4. The summed E-state index contributed by atoms with van der Waals surface area (Å²) in [5.74, 6) is 0.529. The van der Waals surface area contributed by atoms with E-state index in [2.05, 4.69) is 5.32 Å². The van der Waals surface area contributed by atoms with Gasteiger partial charge in [-0.2, -0.15) is 5.26 Å². The number of anilines is 1. The molecule has 140 valence electrons. The molecule has 3 aromatic carbocycles. The molecule has 0 atom stereocenters. The van der Waals surface area contributed by atoms with E-state index in [0.29, 0.717) is 27.8 Å². The van der Waals surface area contributed by atoms with Gasteiger partial charge in [-0.25, -0.2) is 0 Å². The lowest BCUT2D eigenvalue weighted by molar-refractivity contribution is -0.112. The fourth-order valence-electron chi connectivity index (χ4n) is 2.84. The zero-order valence-electron chi connectivity index (χ0n) is 15.3. The number of nitrogens with zero attached hydrogens (tertiary/aromatic N) is 1. The summed E-state index contributed by atoms with van der Waals surface area (Å²) in [4.78, 5) is 12.6. The summed E-state index contributed by atoms with van der Waals surface area (Å²) in [6, 6.07) is 18.2. The normalized spacial score (nSPS) is 11.0. The highest BCUT2D eigenvalue weighted by Gasteiger charge is 2.14. The van der Waals surface area contributed by atoms with E-state index < -0.39 is 5.91 Å². The zero-order chi connectivity index (χ0) is 20.1. The molecule has 5 nitrogen and oxygen atoms in total. The van der Waals surface area contributed by atoms with Crippen LogP contribution in [-0.2, 0) is 4.79 Å². The van der Waals surface area contributed by atoms with Crippen molar-refractivity contribution in [3.05, 3.63) is 70.8 Å². The lowest BCUT2D eigenvalue weighted by Gasteiger charge is -2.10. The number of ether oxygens (including phenoxy) is 2. The van der Waals surface area contributed by atoms with E-state index in [1.807, 2.05) is 42.5 Å².